The molecule has 2 fully saturated rings. The van der Waals surface area contributed by atoms with E-state index in [1.165, 1.54) is 12.8 Å². The number of carbonyl (C=O) groups excluding carboxylic acids is 2. The topological polar surface area (TPSA) is 70.7 Å². The third kappa shape index (κ3) is 5.21. The van der Waals surface area contributed by atoms with Crippen molar-refractivity contribution in [3.8, 4) is 0 Å². The molecule has 0 radical (unpaired) electrons. The number of rotatable bonds is 4. The summed E-state index contributed by atoms with van der Waals surface area (Å²) in [7, 11) is 1.59. The van der Waals surface area contributed by atoms with E-state index < -0.39 is 5.60 Å². The zero-order chi connectivity index (χ0) is 18.4. The van der Waals surface area contributed by atoms with Crippen LogP contribution in [0.15, 0.2) is 24.3 Å². The van der Waals surface area contributed by atoms with Gasteiger partial charge >= 0.3 is 0 Å². The third-order valence-electron chi connectivity index (χ3n) is 5.50. The first-order valence-corrected chi connectivity index (χ1v) is 9.61. The maximum atomic E-state index is 12.7. The number of nitrogens with one attached hydrogen (secondary N) is 2. The van der Waals surface area contributed by atoms with Crippen molar-refractivity contribution in [2.45, 2.75) is 44.1 Å². The van der Waals surface area contributed by atoms with E-state index in [9.17, 15) is 9.59 Å². The highest BCUT2D eigenvalue weighted by atomic mass is 35.5. The van der Waals surface area contributed by atoms with Gasteiger partial charge in [-0.3, -0.25) is 9.59 Å². The largest absolute Gasteiger partial charge is 0.368 e. The Morgan fingerprint density at radius 3 is 2.19 bits per heavy atom. The molecule has 2 aliphatic rings. The maximum Gasteiger partial charge on any atom is 0.256 e. The number of benzene rings is 1. The average Bonchev–Trinajstić information content (AvgIpc) is 2.98. The molecule has 6 nitrogen and oxygen atoms in total. The van der Waals surface area contributed by atoms with E-state index in [2.05, 4.69) is 10.6 Å². The fourth-order valence-electron chi connectivity index (χ4n) is 3.75. The van der Waals surface area contributed by atoms with Gasteiger partial charge in [-0.05, 0) is 63.0 Å². The van der Waals surface area contributed by atoms with Crippen molar-refractivity contribution in [1.29, 1.82) is 0 Å². The molecule has 2 aliphatic heterocycles. The molecular formula is C20H30ClN3O3. The van der Waals surface area contributed by atoms with Gasteiger partial charge in [-0.2, -0.15) is 0 Å². The van der Waals surface area contributed by atoms with Crippen molar-refractivity contribution in [3.05, 3.63) is 29.8 Å². The number of carbonyl (C=O) groups is 2. The molecule has 0 aliphatic carbocycles. The van der Waals surface area contributed by atoms with Gasteiger partial charge in [0.25, 0.3) is 11.8 Å². The van der Waals surface area contributed by atoms with Crippen molar-refractivity contribution < 1.29 is 14.3 Å². The van der Waals surface area contributed by atoms with Gasteiger partial charge in [0, 0.05) is 31.5 Å². The second kappa shape index (κ2) is 10.1. The molecule has 0 spiro atoms. The summed E-state index contributed by atoms with van der Waals surface area (Å²) in [5.41, 5.74) is 0.594. The SMILES string of the molecule is COC1(C(=O)Nc2ccc(C(=O)N3CCCCCC3)cc2)CCNCC1.Cl. The van der Waals surface area contributed by atoms with E-state index in [4.69, 9.17) is 4.74 Å². The molecule has 150 valence electrons. The molecule has 2 amide bonds. The van der Waals surface area contributed by atoms with Crippen LogP contribution >= 0.6 is 12.4 Å². The zero-order valence-corrected chi connectivity index (χ0v) is 16.8. The number of halogens is 1. The first-order chi connectivity index (χ1) is 12.6. The molecule has 1 aromatic rings. The number of nitrogens with zero attached hydrogens (tertiary/aromatic N) is 1. The minimum absolute atomic E-state index is 0. The van der Waals surface area contributed by atoms with E-state index in [0.717, 1.165) is 39.0 Å². The molecule has 1 aromatic carbocycles. The highest BCUT2D eigenvalue weighted by Gasteiger charge is 2.39. The lowest BCUT2D eigenvalue weighted by Gasteiger charge is -2.34. The van der Waals surface area contributed by atoms with Gasteiger partial charge in [0.2, 0.25) is 0 Å². The molecule has 0 atom stereocenters. The second-order valence-electron chi connectivity index (χ2n) is 7.19. The van der Waals surface area contributed by atoms with E-state index in [1.54, 1.807) is 31.4 Å². The van der Waals surface area contributed by atoms with Crippen LogP contribution in [0, 0.1) is 0 Å². The van der Waals surface area contributed by atoms with Crippen molar-refractivity contribution in [2.75, 3.05) is 38.6 Å². The van der Waals surface area contributed by atoms with Crippen molar-refractivity contribution in [2.24, 2.45) is 0 Å². The number of methoxy groups -OCH3 is 1. The van der Waals surface area contributed by atoms with Crippen LogP contribution < -0.4 is 10.6 Å². The van der Waals surface area contributed by atoms with Crippen molar-refractivity contribution in [1.82, 2.24) is 10.2 Å². The average molecular weight is 396 g/mol. The van der Waals surface area contributed by atoms with Crippen LogP contribution in [0.1, 0.15) is 48.9 Å². The van der Waals surface area contributed by atoms with Crippen LogP contribution in [0.4, 0.5) is 5.69 Å². The molecule has 2 heterocycles. The number of amides is 2. The molecule has 0 saturated carbocycles. The predicted molar refractivity (Wildman–Crippen MR) is 109 cm³/mol. The summed E-state index contributed by atoms with van der Waals surface area (Å²) in [6.45, 7) is 3.21. The summed E-state index contributed by atoms with van der Waals surface area (Å²) < 4.78 is 5.55. The van der Waals surface area contributed by atoms with Gasteiger partial charge in [0.15, 0.2) is 0 Å². The normalized spacial score (nSPS) is 19.5. The zero-order valence-electron chi connectivity index (χ0n) is 16.0. The lowest BCUT2D eigenvalue weighted by molar-refractivity contribution is -0.140. The molecule has 0 bridgehead atoms. The maximum absolute atomic E-state index is 12.7. The van der Waals surface area contributed by atoms with Crippen molar-refractivity contribution >= 4 is 29.9 Å². The van der Waals surface area contributed by atoms with Crippen LogP contribution in [0.5, 0.6) is 0 Å². The van der Waals surface area contributed by atoms with Gasteiger partial charge in [-0.15, -0.1) is 12.4 Å². The third-order valence-corrected chi connectivity index (χ3v) is 5.50. The molecular weight excluding hydrogens is 366 g/mol. The van der Waals surface area contributed by atoms with Gasteiger partial charge in [-0.1, -0.05) is 12.8 Å². The summed E-state index contributed by atoms with van der Waals surface area (Å²) >= 11 is 0. The number of hydrogen-bond donors (Lipinski definition) is 2. The van der Waals surface area contributed by atoms with E-state index in [0.29, 0.717) is 24.1 Å². The minimum Gasteiger partial charge on any atom is -0.368 e. The van der Waals surface area contributed by atoms with Gasteiger partial charge in [0.05, 0.1) is 0 Å². The predicted octanol–water partition coefficient (Wildman–Crippen LogP) is 2.83. The molecule has 0 aromatic heterocycles. The quantitative estimate of drug-likeness (QED) is 0.822. The van der Waals surface area contributed by atoms with Crippen LogP contribution in [-0.4, -0.2) is 55.6 Å². The number of likely N-dealkylation sites (tertiary alicyclic amines) is 1. The smallest absolute Gasteiger partial charge is 0.256 e. The molecule has 7 heteroatoms. The Balaban J connectivity index is 0.00000261. The van der Waals surface area contributed by atoms with Gasteiger partial charge in [-0.25, -0.2) is 0 Å². The lowest BCUT2D eigenvalue weighted by atomic mass is 9.91. The first-order valence-electron chi connectivity index (χ1n) is 9.61. The highest BCUT2D eigenvalue weighted by Crippen LogP contribution is 2.25. The van der Waals surface area contributed by atoms with E-state index >= 15 is 0 Å². The van der Waals surface area contributed by atoms with E-state index in [-0.39, 0.29) is 24.2 Å². The van der Waals surface area contributed by atoms with Crippen LogP contribution in [0.25, 0.3) is 0 Å². The van der Waals surface area contributed by atoms with Crippen LogP contribution in [0.2, 0.25) is 0 Å². The summed E-state index contributed by atoms with van der Waals surface area (Å²) in [4.78, 5) is 27.3. The second-order valence-corrected chi connectivity index (χ2v) is 7.19. The Morgan fingerprint density at radius 2 is 1.63 bits per heavy atom. The Kier molecular flexibility index (Phi) is 8.07. The number of anilines is 1. The highest BCUT2D eigenvalue weighted by molar-refractivity contribution is 5.98. The molecule has 2 N–H and O–H groups in total. The number of hydrogen-bond acceptors (Lipinski definition) is 4. The molecule has 0 unspecified atom stereocenters. The number of piperidine rings is 1. The van der Waals surface area contributed by atoms with Crippen LogP contribution in [-0.2, 0) is 9.53 Å². The fourth-order valence-corrected chi connectivity index (χ4v) is 3.75. The van der Waals surface area contributed by atoms with E-state index in [1.807, 2.05) is 4.90 Å². The minimum atomic E-state index is -0.772. The Labute approximate surface area is 167 Å². The Bertz CT molecular complexity index is 622. The fraction of sp³-hybridized carbons (Fsp3) is 0.600. The Morgan fingerprint density at radius 1 is 1.04 bits per heavy atom. The summed E-state index contributed by atoms with van der Waals surface area (Å²) in [5, 5.41) is 6.19. The monoisotopic (exact) mass is 395 g/mol. The molecule has 3 rings (SSSR count). The lowest BCUT2D eigenvalue weighted by Crippen LogP contribution is -2.51. The Hall–Kier alpha value is -1.63. The molecule has 2 saturated heterocycles. The van der Waals surface area contributed by atoms with Crippen molar-refractivity contribution in [3.63, 3.8) is 0 Å². The summed E-state index contributed by atoms with van der Waals surface area (Å²) in [5.74, 6) is -0.0374. The summed E-state index contributed by atoms with van der Waals surface area (Å²) in [6.07, 6.45) is 5.86. The van der Waals surface area contributed by atoms with Gasteiger partial charge < -0.3 is 20.3 Å². The first kappa shape index (κ1) is 21.7. The molecule has 27 heavy (non-hydrogen) atoms. The summed E-state index contributed by atoms with van der Waals surface area (Å²) in [6, 6.07) is 7.19. The van der Waals surface area contributed by atoms with Crippen LogP contribution in [0.3, 0.4) is 0 Å². The number of ether oxygens (including phenoxy) is 1. The standard InChI is InChI=1S/C20H29N3O3.ClH/c1-26-20(10-12-21-13-11-20)19(25)22-17-8-6-16(7-9-17)18(24)23-14-4-2-3-5-15-23;/h6-9,21H,2-5,10-15H2,1H3,(H,22,25);1H. The van der Waals surface area contributed by atoms with Gasteiger partial charge in [0.1, 0.15) is 5.60 Å².